The van der Waals surface area contributed by atoms with Crippen molar-refractivity contribution in [3.05, 3.63) is 65.0 Å². The lowest BCUT2D eigenvalue weighted by molar-refractivity contribution is 0.721. The van der Waals surface area contributed by atoms with Crippen molar-refractivity contribution in [2.24, 2.45) is 0 Å². The van der Waals surface area contributed by atoms with Gasteiger partial charge in [-0.05, 0) is 42.3 Å². The fraction of sp³-hybridized carbons (Fsp3) is 0.133. The maximum Gasteiger partial charge on any atom is 0.0481 e. The predicted molar refractivity (Wildman–Crippen MR) is 77.6 cm³/mol. The molecule has 0 atom stereocenters. The SMILES string of the molecule is Brc1ccc2c(ccn2CCc2cccnc2)c1. The molecule has 1 aromatic carbocycles. The molecule has 2 nitrogen and oxygen atoms in total. The van der Waals surface area contributed by atoms with Crippen molar-refractivity contribution in [1.82, 2.24) is 9.55 Å². The second-order valence-electron chi connectivity index (χ2n) is 4.32. The molecule has 0 saturated carbocycles. The number of rotatable bonds is 3. The van der Waals surface area contributed by atoms with Crippen LogP contribution in [0.5, 0.6) is 0 Å². The minimum Gasteiger partial charge on any atom is -0.347 e. The summed E-state index contributed by atoms with van der Waals surface area (Å²) in [5.74, 6) is 0. The molecule has 0 bridgehead atoms. The van der Waals surface area contributed by atoms with Gasteiger partial charge < -0.3 is 4.57 Å². The number of halogens is 1. The number of hydrogen-bond acceptors (Lipinski definition) is 1. The average molecular weight is 301 g/mol. The first-order valence-corrected chi connectivity index (χ1v) is 6.75. The topological polar surface area (TPSA) is 17.8 Å². The highest BCUT2D eigenvalue weighted by Gasteiger charge is 2.01. The highest BCUT2D eigenvalue weighted by atomic mass is 79.9. The van der Waals surface area contributed by atoms with E-state index in [4.69, 9.17) is 0 Å². The number of fused-ring (bicyclic) bond motifs is 1. The Labute approximate surface area is 114 Å². The van der Waals surface area contributed by atoms with Crippen molar-refractivity contribution in [3.8, 4) is 0 Å². The van der Waals surface area contributed by atoms with Crippen LogP contribution >= 0.6 is 15.9 Å². The Balaban J connectivity index is 1.83. The van der Waals surface area contributed by atoms with Crippen LogP contribution < -0.4 is 0 Å². The Morgan fingerprint density at radius 2 is 2.11 bits per heavy atom. The first kappa shape index (κ1) is 11.5. The van der Waals surface area contributed by atoms with Gasteiger partial charge >= 0.3 is 0 Å². The average Bonchev–Trinajstić information content (AvgIpc) is 2.80. The molecule has 3 aromatic rings. The van der Waals surface area contributed by atoms with Crippen LogP contribution in [0.3, 0.4) is 0 Å². The molecule has 0 N–H and O–H groups in total. The summed E-state index contributed by atoms with van der Waals surface area (Å²) >= 11 is 3.50. The largest absolute Gasteiger partial charge is 0.347 e. The second kappa shape index (κ2) is 4.94. The minimum atomic E-state index is 0.983. The summed E-state index contributed by atoms with van der Waals surface area (Å²) < 4.78 is 3.41. The number of nitrogens with zero attached hydrogens (tertiary/aromatic N) is 2. The molecule has 3 heteroatoms. The standard InChI is InChI=1S/C15H13BrN2/c16-14-3-4-15-13(10-14)6-9-18(15)8-5-12-2-1-7-17-11-12/h1-4,6-7,9-11H,5,8H2. The molecule has 0 saturated heterocycles. The van der Waals surface area contributed by atoms with Gasteiger partial charge in [0, 0.05) is 40.5 Å². The smallest absolute Gasteiger partial charge is 0.0481 e. The Morgan fingerprint density at radius 1 is 1.17 bits per heavy atom. The van der Waals surface area contributed by atoms with Gasteiger partial charge in [0.25, 0.3) is 0 Å². The third-order valence-electron chi connectivity index (χ3n) is 3.10. The molecule has 0 amide bonds. The van der Waals surface area contributed by atoms with E-state index in [1.165, 1.54) is 16.5 Å². The lowest BCUT2D eigenvalue weighted by atomic mass is 10.2. The van der Waals surface area contributed by atoms with Gasteiger partial charge in [-0.15, -0.1) is 0 Å². The van der Waals surface area contributed by atoms with Crippen LogP contribution in [0.25, 0.3) is 10.9 Å². The van der Waals surface area contributed by atoms with E-state index < -0.39 is 0 Å². The van der Waals surface area contributed by atoms with Crippen molar-refractivity contribution >= 4 is 26.8 Å². The van der Waals surface area contributed by atoms with Crippen molar-refractivity contribution in [2.45, 2.75) is 13.0 Å². The first-order valence-electron chi connectivity index (χ1n) is 5.96. The van der Waals surface area contributed by atoms with Gasteiger partial charge in [-0.1, -0.05) is 22.0 Å². The van der Waals surface area contributed by atoms with Gasteiger partial charge in [-0.3, -0.25) is 4.98 Å². The zero-order valence-corrected chi connectivity index (χ0v) is 11.5. The number of benzene rings is 1. The fourth-order valence-corrected chi connectivity index (χ4v) is 2.54. The summed E-state index contributed by atoms with van der Waals surface area (Å²) in [5.41, 5.74) is 2.55. The van der Waals surface area contributed by atoms with Crippen LogP contribution in [0.1, 0.15) is 5.56 Å². The fourth-order valence-electron chi connectivity index (χ4n) is 2.16. The summed E-state index contributed by atoms with van der Waals surface area (Å²) in [6, 6.07) is 12.7. The molecular weight excluding hydrogens is 288 g/mol. The molecule has 0 unspecified atom stereocenters. The Bertz CT molecular complexity index is 659. The number of aryl methyl sites for hydroxylation is 2. The molecule has 0 spiro atoms. The van der Waals surface area contributed by atoms with E-state index in [9.17, 15) is 0 Å². The molecule has 3 rings (SSSR count). The molecule has 0 aliphatic carbocycles. The highest BCUT2D eigenvalue weighted by molar-refractivity contribution is 9.10. The maximum atomic E-state index is 4.14. The van der Waals surface area contributed by atoms with E-state index in [1.807, 2.05) is 18.5 Å². The van der Waals surface area contributed by atoms with Crippen LogP contribution in [-0.2, 0) is 13.0 Å². The molecule has 2 heterocycles. The van der Waals surface area contributed by atoms with Crippen LogP contribution in [0.4, 0.5) is 0 Å². The monoisotopic (exact) mass is 300 g/mol. The zero-order valence-electron chi connectivity index (χ0n) is 9.88. The van der Waals surface area contributed by atoms with E-state index in [1.54, 1.807) is 0 Å². The normalized spacial score (nSPS) is 10.9. The van der Waals surface area contributed by atoms with E-state index >= 15 is 0 Å². The molecule has 0 aliphatic heterocycles. The van der Waals surface area contributed by atoms with E-state index in [2.05, 4.69) is 62.0 Å². The van der Waals surface area contributed by atoms with Crippen molar-refractivity contribution in [2.75, 3.05) is 0 Å². The van der Waals surface area contributed by atoms with Gasteiger partial charge in [-0.2, -0.15) is 0 Å². The van der Waals surface area contributed by atoms with Crippen molar-refractivity contribution in [3.63, 3.8) is 0 Å². The summed E-state index contributed by atoms with van der Waals surface area (Å²) in [5, 5.41) is 1.27. The molecule has 90 valence electrons. The molecular formula is C15H13BrN2. The highest BCUT2D eigenvalue weighted by Crippen LogP contribution is 2.21. The van der Waals surface area contributed by atoms with E-state index in [-0.39, 0.29) is 0 Å². The second-order valence-corrected chi connectivity index (χ2v) is 5.24. The molecule has 0 aliphatic rings. The summed E-state index contributed by atoms with van der Waals surface area (Å²) in [6.45, 7) is 0.983. The van der Waals surface area contributed by atoms with Gasteiger partial charge in [0.15, 0.2) is 0 Å². The Morgan fingerprint density at radius 3 is 2.94 bits per heavy atom. The Hall–Kier alpha value is -1.61. The molecule has 0 radical (unpaired) electrons. The van der Waals surface area contributed by atoms with Crippen molar-refractivity contribution in [1.29, 1.82) is 0 Å². The third kappa shape index (κ3) is 2.31. The molecule has 2 aromatic heterocycles. The summed E-state index contributed by atoms with van der Waals surface area (Å²) in [6.07, 6.45) is 6.90. The van der Waals surface area contributed by atoms with Crippen LogP contribution in [0.2, 0.25) is 0 Å². The summed E-state index contributed by atoms with van der Waals surface area (Å²) in [7, 11) is 0. The number of aromatic nitrogens is 2. The van der Waals surface area contributed by atoms with Crippen LogP contribution in [0.15, 0.2) is 59.5 Å². The third-order valence-corrected chi connectivity index (χ3v) is 3.59. The summed E-state index contributed by atoms with van der Waals surface area (Å²) in [4.78, 5) is 4.14. The minimum absolute atomic E-state index is 0.983. The molecule has 0 fully saturated rings. The number of hydrogen-bond donors (Lipinski definition) is 0. The van der Waals surface area contributed by atoms with Crippen molar-refractivity contribution < 1.29 is 0 Å². The maximum absolute atomic E-state index is 4.14. The lowest BCUT2D eigenvalue weighted by Crippen LogP contribution is -1.99. The van der Waals surface area contributed by atoms with Crippen LogP contribution in [-0.4, -0.2) is 9.55 Å². The van der Waals surface area contributed by atoms with Gasteiger partial charge in [0.2, 0.25) is 0 Å². The van der Waals surface area contributed by atoms with Gasteiger partial charge in [0.1, 0.15) is 0 Å². The lowest BCUT2D eigenvalue weighted by Gasteiger charge is -2.05. The van der Waals surface area contributed by atoms with E-state index in [0.717, 1.165) is 17.4 Å². The van der Waals surface area contributed by atoms with Crippen LogP contribution in [0, 0.1) is 0 Å². The zero-order chi connectivity index (χ0) is 12.4. The first-order chi connectivity index (χ1) is 8.83. The molecule has 18 heavy (non-hydrogen) atoms. The van der Waals surface area contributed by atoms with Gasteiger partial charge in [-0.25, -0.2) is 0 Å². The number of pyridine rings is 1. The predicted octanol–water partition coefficient (Wildman–Crippen LogP) is 4.04. The van der Waals surface area contributed by atoms with E-state index in [0.29, 0.717) is 0 Å². The van der Waals surface area contributed by atoms with Gasteiger partial charge in [0.05, 0.1) is 0 Å². The quantitative estimate of drug-likeness (QED) is 0.714. The Kier molecular flexibility index (Phi) is 3.15.